The smallest absolute Gasteiger partial charge is 0.150 e. The normalized spacial score (nSPS) is 10.8. The van der Waals surface area contributed by atoms with Crippen LogP contribution in [-0.2, 0) is 5.88 Å². The van der Waals surface area contributed by atoms with Crippen molar-refractivity contribution in [1.82, 2.24) is 4.98 Å². The van der Waals surface area contributed by atoms with Gasteiger partial charge in [0.15, 0.2) is 0 Å². The summed E-state index contributed by atoms with van der Waals surface area (Å²) in [6, 6.07) is 8.19. The highest BCUT2D eigenvalue weighted by atomic mass is 35.5. The zero-order valence-electron chi connectivity index (χ0n) is 11.5. The first-order valence-electron chi connectivity index (χ1n) is 6.39. The monoisotopic (exact) mass is 275 g/mol. The van der Waals surface area contributed by atoms with E-state index in [0.717, 1.165) is 22.6 Å². The molecule has 0 amide bonds. The third-order valence-corrected chi connectivity index (χ3v) is 3.40. The van der Waals surface area contributed by atoms with Crippen LogP contribution in [0.3, 0.4) is 0 Å². The highest BCUT2D eigenvalue weighted by Gasteiger charge is 2.08. The third kappa shape index (κ3) is 3.27. The van der Waals surface area contributed by atoms with Crippen molar-refractivity contribution in [1.29, 1.82) is 0 Å². The minimum Gasteiger partial charge on any atom is -0.455 e. The molecule has 1 aromatic carbocycles. The number of nitrogens with zero attached hydrogens (tertiary/aromatic N) is 1. The van der Waals surface area contributed by atoms with Gasteiger partial charge in [-0.2, -0.15) is 0 Å². The zero-order valence-corrected chi connectivity index (χ0v) is 12.2. The molecule has 0 radical (unpaired) electrons. The lowest BCUT2D eigenvalue weighted by molar-refractivity contribution is 0.471. The van der Waals surface area contributed by atoms with Crippen molar-refractivity contribution >= 4 is 11.6 Å². The molecule has 0 unspecified atom stereocenters. The number of ether oxygens (including phenoxy) is 1. The van der Waals surface area contributed by atoms with E-state index < -0.39 is 0 Å². The van der Waals surface area contributed by atoms with Crippen LogP contribution in [0, 0.1) is 6.92 Å². The van der Waals surface area contributed by atoms with Gasteiger partial charge >= 0.3 is 0 Å². The first-order valence-corrected chi connectivity index (χ1v) is 6.92. The van der Waals surface area contributed by atoms with E-state index >= 15 is 0 Å². The van der Waals surface area contributed by atoms with Gasteiger partial charge in [-0.05, 0) is 36.1 Å². The molecule has 2 nitrogen and oxygen atoms in total. The molecule has 0 saturated carbocycles. The van der Waals surface area contributed by atoms with Crippen molar-refractivity contribution in [2.75, 3.05) is 0 Å². The Labute approximate surface area is 119 Å². The maximum Gasteiger partial charge on any atom is 0.150 e. The molecular weight excluding hydrogens is 258 g/mol. The number of alkyl halides is 1. The lowest BCUT2D eigenvalue weighted by atomic mass is 10.0. The zero-order chi connectivity index (χ0) is 13.8. The highest BCUT2D eigenvalue weighted by Crippen LogP contribution is 2.30. The van der Waals surface area contributed by atoms with E-state index in [9.17, 15) is 0 Å². The van der Waals surface area contributed by atoms with Crippen molar-refractivity contribution in [2.24, 2.45) is 0 Å². The number of benzene rings is 1. The maximum absolute atomic E-state index is 5.98. The summed E-state index contributed by atoms with van der Waals surface area (Å²) in [4.78, 5) is 4.09. The third-order valence-electron chi connectivity index (χ3n) is 3.11. The molecular formula is C16H18ClNO. The van der Waals surface area contributed by atoms with Crippen LogP contribution < -0.4 is 4.74 Å². The fraction of sp³-hybridized carbons (Fsp3) is 0.312. The average Bonchev–Trinajstić information content (AvgIpc) is 2.41. The Morgan fingerprint density at radius 2 is 2.00 bits per heavy atom. The number of aromatic nitrogens is 1. The van der Waals surface area contributed by atoms with E-state index in [1.807, 2.05) is 13.0 Å². The Hall–Kier alpha value is -1.54. The van der Waals surface area contributed by atoms with Crippen LogP contribution in [0.5, 0.6) is 11.5 Å². The van der Waals surface area contributed by atoms with Crippen LogP contribution in [-0.4, -0.2) is 4.98 Å². The Morgan fingerprint density at radius 3 is 2.68 bits per heavy atom. The summed E-state index contributed by atoms with van der Waals surface area (Å²) in [5.41, 5.74) is 3.32. The number of pyridine rings is 1. The van der Waals surface area contributed by atoms with E-state index in [2.05, 4.69) is 37.0 Å². The second kappa shape index (κ2) is 6.07. The Morgan fingerprint density at radius 1 is 1.21 bits per heavy atom. The summed E-state index contributed by atoms with van der Waals surface area (Å²) in [7, 11) is 0. The second-order valence-electron chi connectivity index (χ2n) is 4.90. The van der Waals surface area contributed by atoms with E-state index in [4.69, 9.17) is 16.3 Å². The standard InChI is InChI=1S/C16H18ClNO/c1-11(2)13-5-4-12(3)15(8-13)19-16-10-18-7-6-14(16)9-17/h4-8,10-11H,9H2,1-3H3. The van der Waals surface area contributed by atoms with Crippen molar-refractivity contribution < 1.29 is 4.74 Å². The molecule has 0 N–H and O–H groups in total. The van der Waals surface area contributed by atoms with Gasteiger partial charge in [0, 0.05) is 11.8 Å². The molecule has 2 rings (SSSR count). The molecule has 2 aromatic rings. The van der Waals surface area contributed by atoms with Crippen molar-refractivity contribution in [2.45, 2.75) is 32.6 Å². The molecule has 0 aliphatic heterocycles. The van der Waals surface area contributed by atoms with E-state index in [-0.39, 0.29) is 0 Å². The molecule has 0 bridgehead atoms. The largest absolute Gasteiger partial charge is 0.455 e. The van der Waals surface area contributed by atoms with Crippen LogP contribution in [0.1, 0.15) is 36.5 Å². The van der Waals surface area contributed by atoms with Crippen LogP contribution in [0.25, 0.3) is 0 Å². The molecule has 1 aromatic heterocycles. The summed E-state index contributed by atoms with van der Waals surface area (Å²) < 4.78 is 5.98. The van der Waals surface area contributed by atoms with Gasteiger partial charge in [-0.15, -0.1) is 11.6 Å². The lowest BCUT2D eigenvalue weighted by Crippen LogP contribution is -1.95. The van der Waals surface area contributed by atoms with Crippen molar-refractivity contribution in [3.8, 4) is 11.5 Å². The minimum atomic E-state index is 0.417. The summed E-state index contributed by atoms with van der Waals surface area (Å²) in [5, 5.41) is 0. The molecule has 1 heterocycles. The van der Waals surface area contributed by atoms with Gasteiger partial charge in [-0.3, -0.25) is 4.98 Å². The van der Waals surface area contributed by atoms with Crippen LogP contribution >= 0.6 is 11.6 Å². The number of rotatable bonds is 4. The number of hydrogen-bond acceptors (Lipinski definition) is 2. The topological polar surface area (TPSA) is 22.1 Å². The van der Waals surface area contributed by atoms with Crippen LogP contribution in [0.4, 0.5) is 0 Å². The molecule has 3 heteroatoms. The first-order chi connectivity index (χ1) is 9.11. The summed E-state index contributed by atoms with van der Waals surface area (Å²) in [6.45, 7) is 6.38. The Balaban J connectivity index is 2.34. The molecule has 0 spiro atoms. The number of hydrogen-bond donors (Lipinski definition) is 0. The fourth-order valence-corrected chi connectivity index (χ4v) is 2.04. The molecule has 0 aliphatic rings. The summed E-state index contributed by atoms with van der Waals surface area (Å²) in [6.07, 6.45) is 3.43. The minimum absolute atomic E-state index is 0.417. The Kier molecular flexibility index (Phi) is 4.43. The maximum atomic E-state index is 5.98. The van der Waals surface area contributed by atoms with Gasteiger partial charge < -0.3 is 4.74 Å². The van der Waals surface area contributed by atoms with E-state index in [0.29, 0.717) is 11.8 Å². The second-order valence-corrected chi connectivity index (χ2v) is 5.17. The van der Waals surface area contributed by atoms with Gasteiger partial charge in [0.25, 0.3) is 0 Å². The molecule has 19 heavy (non-hydrogen) atoms. The molecule has 0 fully saturated rings. The molecule has 0 aliphatic carbocycles. The number of halogens is 1. The van der Waals surface area contributed by atoms with Crippen LogP contribution in [0.2, 0.25) is 0 Å². The predicted molar refractivity (Wildman–Crippen MR) is 79.1 cm³/mol. The summed E-state index contributed by atoms with van der Waals surface area (Å²) >= 11 is 5.91. The SMILES string of the molecule is Cc1ccc(C(C)C)cc1Oc1cnccc1CCl. The molecule has 100 valence electrons. The highest BCUT2D eigenvalue weighted by molar-refractivity contribution is 6.17. The van der Waals surface area contributed by atoms with Crippen molar-refractivity contribution in [3.05, 3.63) is 53.3 Å². The van der Waals surface area contributed by atoms with Crippen LogP contribution in [0.15, 0.2) is 36.7 Å². The molecule has 0 atom stereocenters. The van der Waals surface area contributed by atoms with Gasteiger partial charge in [-0.1, -0.05) is 26.0 Å². The predicted octanol–water partition coefficient (Wildman–Crippen LogP) is 5.04. The quantitative estimate of drug-likeness (QED) is 0.729. The van der Waals surface area contributed by atoms with E-state index in [1.54, 1.807) is 12.4 Å². The van der Waals surface area contributed by atoms with Crippen molar-refractivity contribution in [3.63, 3.8) is 0 Å². The molecule has 0 saturated heterocycles. The average molecular weight is 276 g/mol. The fourth-order valence-electron chi connectivity index (χ4n) is 1.82. The summed E-state index contributed by atoms with van der Waals surface area (Å²) in [5.74, 6) is 2.48. The van der Waals surface area contributed by atoms with E-state index in [1.165, 1.54) is 5.56 Å². The first kappa shape index (κ1) is 13.9. The van der Waals surface area contributed by atoms with Gasteiger partial charge in [0.05, 0.1) is 12.1 Å². The van der Waals surface area contributed by atoms with Gasteiger partial charge in [0.1, 0.15) is 11.5 Å². The van der Waals surface area contributed by atoms with Gasteiger partial charge in [-0.25, -0.2) is 0 Å². The lowest BCUT2D eigenvalue weighted by Gasteiger charge is -2.14. The van der Waals surface area contributed by atoms with Gasteiger partial charge in [0.2, 0.25) is 0 Å². The number of aryl methyl sites for hydroxylation is 1. The Bertz CT molecular complexity index is 566.